The molecular formula is C27H33ClN2. The molecule has 0 radical (unpaired) electrons. The second kappa shape index (κ2) is 11.6. The molecule has 158 valence electrons. The first-order chi connectivity index (χ1) is 14.5. The van der Waals surface area contributed by atoms with Gasteiger partial charge in [0.2, 0.25) is 0 Å². The number of H-pyrrole nitrogens is 1. The molecule has 0 fully saturated rings. The van der Waals surface area contributed by atoms with Crippen LogP contribution in [0.15, 0.2) is 77.0 Å². The normalized spacial score (nSPS) is 13.0. The van der Waals surface area contributed by atoms with Crippen molar-refractivity contribution in [3.8, 4) is 0 Å². The predicted octanol–water partition coefficient (Wildman–Crippen LogP) is 8.59. The SMILES string of the molecule is CC.CC\C=C/C(=C(\C)Cl)C(/CC)=C(\c1ccc(C)cc1)c1ccc2[nH]ncc2c1. The number of aryl methyl sites for hydroxylation is 1. The van der Waals surface area contributed by atoms with E-state index in [0.29, 0.717) is 0 Å². The van der Waals surface area contributed by atoms with E-state index in [2.05, 4.69) is 85.6 Å². The zero-order valence-electron chi connectivity index (χ0n) is 19.0. The van der Waals surface area contributed by atoms with Crippen LogP contribution in [0.4, 0.5) is 0 Å². The Kier molecular flexibility index (Phi) is 9.14. The number of aromatic amines is 1. The Balaban J connectivity index is 0.00000155. The van der Waals surface area contributed by atoms with Crippen LogP contribution in [0.1, 0.15) is 64.2 Å². The van der Waals surface area contributed by atoms with E-state index < -0.39 is 0 Å². The maximum Gasteiger partial charge on any atom is 0.0650 e. The van der Waals surface area contributed by atoms with Crippen LogP contribution in [0.5, 0.6) is 0 Å². The smallest absolute Gasteiger partial charge is 0.0650 e. The average molecular weight is 421 g/mol. The van der Waals surface area contributed by atoms with Crippen LogP contribution >= 0.6 is 11.6 Å². The molecule has 0 amide bonds. The highest BCUT2D eigenvalue weighted by Gasteiger charge is 2.15. The molecule has 1 aromatic heterocycles. The van der Waals surface area contributed by atoms with Gasteiger partial charge in [-0.05, 0) is 66.7 Å². The molecule has 30 heavy (non-hydrogen) atoms. The van der Waals surface area contributed by atoms with Crippen LogP contribution in [0, 0.1) is 6.92 Å². The Morgan fingerprint density at radius 1 is 1.03 bits per heavy atom. The highest BCUT2D eigenvalue weighted by atomic mass is 35.5. The highest BCUT2D eigenvalue weighted by molar-refractivity contribution is 6.30. The van der Waals surface area contributed by atoms with Crippen LogP contribution in [-0.2, 0) is 0 Å². The number of fused-ring (bicyclic) bond motifs is 1. The third-order valence-corrected chi connectivity index (χ3v) is 5.14. The molecule has 1 N–H and O–H groups in total. The summed E-state index contributed by atoms with van der Waals surface area (Å²) >= 11 is 6.55. The summed E-state index contributed by atoms with van der Waals surface area (Å²) in [7, 11) is 0. The first-order valence-electron chi connectivity index (χ1n) is 10.8. The summed E-state index contributed by atoms with van der Waals surface area (Å²) in [6.07, 6.45) is 8.07. The van der Waals surface area contributed by atoms with E-state index in [4.69, 9.17) is 11.6 Å². The lowest BCUT2D eigenvalue weighted by Gasteiger charge is -2.18. The lowest BCUT2D eigenvalue weighted by Crippen LogP contribution is -1.98. The number of aromatic nitrogens is 2. The van der Waals surface area contributed by atoms with E-state index in [1.165, 1.54) is 27.8 Å². The average Bonchev–Trinajstić information content (AvgIpc) is 3.23. The maximum absolute atomic E-state index is 6.55. The number of allylic oxidation sites excluding steroid dienone is 5. The minimum Gasteiger partial charge on any atom is -0.278 e. The van der Waals surface area contributed by atoms with Crippen molar-refractivity contribution in [2.45, 2.75) is 54.4 Å². The predicted molar refractivity (Wildman–Crippen MR) is 133 cm³/mol. The van der Waals surface area contributed by atoms with Crippen molar-refractivity contribution >= 4 is 28.1 Å². The maximum atomic E-state index is 6.55. The van der Waals surface area contributed by atoms with Gasteiger partial charge in [-0.2, -0.15) is 5.10 Å². The van der Waals surface area contributed by atoms with E-state index in [0.717, 1.165) is 34.3 Å². The number of nitrogens with one attached hydrogen (secondary N) is 1. The molecule has 0 aliphatic rings. The van der Waals surface area contributed by atoms with Gasteiger partial charge in [-0.3, -0.25) is 5.10 Å². The van der Waals surface area contributed by atoms with Gasteiger partial charge in [-0.1, -0.05) is 87.3 Å². The summed E-state index contributed by atoms with van der Waals surface area (Å²) in [5.74, 6) is 0. The van der Waals surface area contributed by atoms with Gasteiger partial charge >= 0.3 is 0 Å². The molecule has 0 bridgehead atoms. The van der Waals surface area contributed by atoms with E-state index >= 15 is 0 Å². The molecule has 0 unspecified atom stereocenters. The first kappa shape index (κ1) is 23.7. The summed E-state index contributed by atoms with van der Waals surface area (Å²) < 4.78 is 0. The number of hydrogen-bond donors (Lipinski definition) is 1. The third-order valence-electron chi connectivity index (χ3n) is 4.94. The molecule has 2 aromatic carbocycles. The lowest BCUT2D eigenvalue weighted by atomic mass is 9.87. The fraction of sp³-hybridized carbons (Fsp3) is 0.296. The molecule has 0 aliphatic heterocycles. The first-order valence-corrected chi connectivity index (χ1v) is 11.2. The molecule has 0 aliphatic carbocycles. The van der Waals surface area contributed by atoms with Crippen LogP contribution in [0.3, 0.4) is 0 Å². The minimum absolute atomic E-state index is 0.815. The Labute approximate surface area is 186 Å². The fourth-order valence-corrected chi connectivity index (χ4v) is 3.67. The Hall–Kier alpha value is -2.58. The number of benzene rings is 2. The summed E-state index contributed by atoms with van der Waals surface area (Å²) in [6, 6.07) is 15.2. The van der Waals surface area contributed by atoms with Crippen molar-refractivity contribution < 1.29 is 0 Å². The number of nitrogens with zero attached hydrogens (tertiary/aromatic N) is 1. The van der Waals surface area contributed by atoms with Crippen molar-refractivity contribution in [3.63, 3.8) is 0 Å². The molecule has 0 saturated heterocycles. The van der Waals surface area contributed by atoms with Crippen molar-refractivity contribution in [2.75, 3.05) is 0 Å². The minimum atomic E-state index is 0.815. The number of halogens is 1. The van der Waals surface area contributed by atoms with Crippen molar-refractivity contribution in [1.29, 1.82) is 0 Å². The largest absolute Gasteiger partial charge is 0.278 e. The second-order valence-corrected chi connectivity index (χ2v) is 7.57. The van der Waals surface area contributed by atoms with Gasteiger partial charge in [-0.25, -0.2) is 0 Å². The van der Waals surface area contributed by atoms with Crippen molar-refractivity contribution in [2.24, 2.45) is 0 Å². The highest BCUT2D eigenvalue weighted by Crippen LogP contribution is 2.36. The van der Waals surface area contributed by atoms with Crippen molar-refractivity contribution in [3.05, 3.63) is 93.7 Å². The molecule has 3 rings (SSSR count). The van der Waals surface area contributed by atoms with Crippen LogP contribution in [0.2, 0.25) is 0 Å². The van der Waals surface area contributed by atoms with Crippen LogP contribution in [-0.4, -0.2) is 10.2 Å². The summed E-state index contributed by atoms with van der Waals surface area (Å²) in [6.45, 7) is 12.4. The van der Waals surface area contributed by atoms with E-state index in [1.54, 1.807) is 0 Å². The number of hydrogen-bond acceptors (Lipinski definition) is 1. The van der Waals surface area contributed by atoms with E-state index in [9.17, 15) is 0 Å². The Bertz CT molecular complexity index is 1050. The molecule has 1 heterocycles. The summed E-state index contributed by atoms with van der Waals surface area (Å²) in [4.78, 5) is 0. The van der Waals surface area contributed by atoms with Gasteiger partial charge in [0.15, 0.2) is 0 Å². The topological polar surface area (TPSA) is 28.7 Å². The van der Waals surface area contributed by atoms with E-state index in [-0.39, 0.29) is 0 Å². The fourth-order valence-electron chi connectivity index (χ4n) is 3.49. The monoisotopic (exact) mass is 420 g/mol. The van der Waals surface area contributed by atoms with Crippen LogP contribution < -0.4 is 0 Å². The lowest BCUT2D eigenvalue weighted by molar-refractivity contribution is 1.11. The molecule has 3 heteroatoms. The quantitative estimate of drug-likeness (QED) is 0.397. The molecule has 2 nitrogen and oxygen atoms in total. The standard InChI is InChI=1S/C25H27ClN2.C2H6/c1-5-7-8-23(18(4)26)22(6-2)25(19-11-9-17(3)10-12-19)20-13-14-24-21(15-20)16-27-28-24;1-2/h7-16H,5-6H2,1-4H3,(H,27,28);1-2H3/b8-7-,23-18-,25-22+;. The zero-order valence-corrected chi connectivity index (χ0v) is 19.8. The van der Waals surface area contributed by atoms with Gasteiger partial charge in [0.25, 0.3) is 0 Å². The van der Waals surface area contributed by atoms with Gasteiger partial charge in [0, 0.05) is 10.4 Å². The van der Waals surface area contributed by atoms with Gasteiger partial charge in [0.1, 0.15) is 0 Å². The molecule has 3 aromatic rings. The third kappa shape index (κ3) is 5.52. The number of rotatable bonds is 6. The zero-order chi connectivity index (χ0) is 22.1. The molecule has 0 spiro atoms. The van der Waals surface area contributed by atoms with Crippen molar-refractivity contribution in [1.82, 2.24) is 10.2 Å². The molecular weight excluding hydrogens is 388 g/mol. The van der Waals surface area contributed by atoms with Gasteiger partial charge in [0.05, 0.1) is 11.7 Å². The molecule has 0 saturated carbocycles. The Morgan fingerprint density at radius 3 is 2.30 bits per heavy atom. The van der Waals surface area contributed by atoms with Gasteiger partial charge in [-0.15, -0.1) is 0 Å². The summed E-state index contributed by atoms with van der Waals surface area (Å²) in [5.41, 5.74) is 8.25. The summed E-state index contributed by atoms with van der Waals surface area (Å²) in [5, 5.41) is 9.13. The molecule has 0 atom stereocenters. The van der Waals surface area contributed by atoms with Crippen LogP contribution in [0.25, 0.3) is 16.5 Å². The van der Waals surface area contributed by atoms with Gasteiger partial charge < -0.3 is 0 Å². The van der Waals surface area contributed by atoms with E-state index in [1.807, 2.05) is 27.0 Å². The Morgan fingerprint density at radius 2 is 1.70 bits per heavy atom. The second-order valence-electron chi connectivity index (χ2n) is 7.00.